The minimum absolute atomic E-state index is 0.0451. The first kappa shape index (κ1) is 24.5. The molecule has 1 saturated heterocycles. The van der Waals surface area contributed by atoms with Gasteiger partial charge in [0.1, 0.15) is 17.4 Å². The zero-order chi connectivity index (χ0) is 24.8. The summed E-state index contributed by atoms with van der Waals surface area (Å²) in [4.78, 5) is 43.5. The molecule has 0 unspecified atom stereocenters. The molecule has 1 aliphatic heterocycles. The molecule has 182 valence electrons. The Hall–Kier alpha value is -3.59. The van der Waals surface area contributed by atoms with Gasteiger partial charge < -0.3 is 15.0 Å². The van der Waals surface area contributed by atoms with Gasteiger partial charge in [-0.2, -0.15) is 0 Å². The number of rotatable bonds is 7. The zero-order valence-electron chi connectivity index (χ0n) is 19.3. The van der Waals surface area contributed by atoms with Gasteiger partial charge in [0.25, 0.3) is 5.91 Å². The second kappa shape index (κ2) is 11.2. The summed E-state index contributed by atoms with van der Waals surface area (Å²) < 4.78 is 18.5. The summed E-state index contributed by atoms with van der Waals surface area (Å²) >= 11 is 1.35. The second-order valence-corrected chi connectivity index (χ2v) is 9.40. The molecule has 1 fully saturated rings. The maximum Gasteiger partial charge on any atom is 0.309 e. The standard InChI is InChI=1S/C26H26FN3O4S/c1-17-4-2-3-5-22(17)29-23(31)14-24-28-21(16-35-24)15-34-26(33)19-10-12-30(13-11-19)25(32)18-6-8-20(27)9-7-18/h2-9,16,19H,10-15H2,1H3,(H,29,31). The van der Waals surface area contributed by atoms with Gasteiger partial charge in [0.15, 0.2) is 0 Å². The Labute approximate surface area is 206 Å². The van der Waals surface area contributed by atoms with Crippen LogP contribution in [0.25, 0.3) is 0 Å². The van der Waals surface area contributed by atoms with Crippen molar-refractivity contribution in [3.8, 4) is 0 Å². The van der Waals surface area contributed by atoms with Crippen LogP contribution >= 0.6 is 11.3 Å². The lowest BCUT2D eigenvalue weighted by molar-refractivity contribution is -0.151. The van der Waals surface area contributed by atoms with Crippen molar-refractivity contribution in [3.05, 3.63) is 81.6 Å². The summed E-state index contributed by atoms with van der Waals surface area (Å²) in [6.07, 6.45) is 1.16. The Kier molecular flexibility index (Phi) is 7.87. The number of carbonyl (C=O) groups excluding carboxylic acids is 3. The zero-order valence-corrected chi connectivity index (χ0v) is 20.1. The van der Waals surface area contributed by atoms with Gasteiger partial charge in [-0.25, -0.2) is 9.37 Å². The molecular weight excluding hydrogens is 469 g/mol. The largest absolute Gasteiger partial charge is 0.459 e. The van der Waals surface area contributed by atoms with Gasteiger partial charge in [0.2, 0.25) is 5.91 Å². The maximum atomic E-state index is 13.1. The molecule has 7 nitrogen and oxygen atoms in total. The first-order valence-electron chi connectivity index (χ1n) is 11.4. The number of nitrogens with one attached hydrogen (secondary N) is 1. The minimum atomic E-state index is -0.388. The lowest BCUT2D eigenvalue weighted by atomic mass is 9.96. The molecule has 1 N–H and O–H groups in total. The van der Waals surface area contributed by atoms with E-state index in [0.29, 0.717) is 42.2 Å². The van der Waals surface area contributed by atoms with Gasteiger partial charge in [0, 0.05) is 29.7 Å². The van der Waals surface area contributed by atoms with E-state index in [2.05, 4.69) is 10.3 Å². The van der Waals surface area contributed by atoms with Crippen LogP contribution in [0, 0.1) is 18.7 Å². The number of hydrogen-bond donors (Lipinski definition) is 1. The van der Waals surface area contributed by atoms with E-state index in [1.807, 2.05) is 31.2 Å². The van der Waals surface area contributed by atoms with E-state index < -0.39 is 0 Å². The summed E-state index contributed by atoms with van der Waals surface area (Å²) in [5.41, 5.74) is 2.79. The molecule has 3 aromatic rings. The molecule has 0 bridgehead atoms. The van der Waals surface area contributed by atoms with Crippen LogP contribution in [0.1, 0.15) is 39.5 Å². The van der Waals surface area contributed by atoms with Crippen molar-refractivity contribution < 1.29 is 23.5 Å². The highest BCUT2D eigenvalue weighted by atomic mass is 32.1. The molecule has 1 aliphatic rings. The molecule has 0 spiro atoms. The van der Waals surface area contributed by atoms with Crippen molar-refractivity contribution in [2.75, 3.05) is 18.4 Å². The lowest BCUT2D eigenvalue weighted by Gasteiger charge is -2.31. The van der Waals surface area contributed by atoms with E-state index in [-0.39, 0.29) is 42.5 Å². The average molecular weight is 496 g/mol. The third kappa shape index (κ3) is 6.51. The third-order valence-electron chi connectivity index (χ3n) is 5.90. The van der Waals surface area contributed by atoms with Crippen molar-refractivity contribution in [2.45, 2.75) is 32.8 Å². The van der Waals surface area contributed by atoms with Gasteiger partial charge >= 0.3 is 5.97 Å². The Morgan fingerprint density at radius 2 is 1.83 bits per heavy atom. The number of aryl methyl sites for hydroxylation is 1. The molecule has 0 radical (unpaired) electrons. The molecule has 2 amide bonds. The Morgan fingerprint density at radius 1 is 1.11 bits per heavy atom. The molecule has 1 aromatic heterocycles. The van der Waals surface area contributed by atoms with E-state index in [9.17, 15) is 18.8 Å². The fourth-order valence-corrected chi connectivity index (χ4v) is 4.67. The number of piperidine rings is 1. The van der Waals surface area contributed by atoms with Gasteiger partial charge in [-0.05, 0) is 55.7 Å². The molecule has 0 aliphatic carbocycles. The highest BCUT2D eigenvalue weighted by Crippen LogP contribution is 2.22. The number of thiazole rings is 1. The number of amides is 2. The van der Waals surface area contributed by atoms with E-state index in [0.717, 1.165) is 11.3 Å². The third-order valence-corrected chi connectivity index (χ3v) is 6.80. The first-order valence-corrected chi connectivity index (χ1v) is 12.3. The van der Waals surface area contributed by atoms with Crippen molar-refractivity contribution in [1.29, 1.82) is 0 Å². The van der Waals surface area contributed by atoms with Crippen LogP contribution in [-0.4, -0.2) is 40.8 Å². The topological polar surface area (TPSA) is 88.6 Å². The predicted octanol–water partition coefficient (Wildman–Crippen LogP) is 4.37. The first-order chi connectivity index (χ1) is 16.9. The van der Waals surface area contributed by atoms with Crippen LogP contribution in [0.5, 0.6) is 0 Å². The van der Waals surface area contributed by atoms with Crippen LogP contribution < -0.4 is 5.32 Å². The number of esters is 1. The van der Waals surface area contributed by atoms with Crippen LogP contribution in [0.15, 0.2) is 53.9 Å². The van der Waals surface area contributed by atoms with Gasteiger partial charge in [-0.15, -0.1) is 11.3 Å². The normalized spacial score (nSPS) is 13.9. The van der Waals surface area contributed by atoms with Gasteiger partial charge in [0.05, 0.1) is 18.0 Å². The van der Waals surface area contributed by atoms with Crippen LogP contribution in [-0.2, 0) is 27.4 Å². The van der Waals surface area contributed by atoms with Crippen LogP contribution in [0.3, 0.4) is 0 Å². The van der Waals surface area contributed by atoms with Gasteiger partial charge in [-0.3, -0.25) is 14.4 Å². The molecule has 0 saturated carbocycles. The van der Waals surface area contributed by atoms with Crippen molar-refractivity contribution in [3.63, 3.8) is 0 Å². The number of halogens is 1. The summed E-state index contributed by atoms with van der Waals surface area (Å²) in [5, 5.41) is 5.32. The number of para-hydroxylation sites is 1. The Morgan fingerprint density at radius 3 is 2.54 bits per heavy atom. The number of aromatic nitrogens is 1. The predicted molar refractivity (Wildman–Crippen MR) is 130 cm³/mol. The second-order valence-electron chi connectivity index (χ2n) is 8.45. The summed E-state index contributed by atoms with van der Waals surface area (Å²) in [5.74, 6) is -1.31. The fourth-order valence-electron chi connectivity index (χ4n) is 3.90. The molecule has 2 heterocycles. The highest BCUT2D eigenvalue weighted by molar-refractivity contribution is 7.09. The maximum absolute atomic E-state index is 13.1. The van der Waals surface area contributed by atoms with E-state index >= 15 is 0 Å². The van der Waals surface area contributed by atoms with E-state index in [1.165, 1.54) is 35.6 Å². The quantitative estimate of drug-likeness (QED) is 0.492. The number of hydrogen-bond acceptors (Lipinski definition) is 6. The number of benzene rings is 2. The Bertz CT molecular complexity index is 1200. The number of nitrogens with zero attached hydrogens (tertiary/aromatic N) is 2. The molecule has 35 heavy (non-hydrogen) atoms. The van der Waals surface area contributed by atoms with Crippen LogP contribution in [0.2, 0.25) is 0 Å². The van der Waals surface area contributed by atoms with Crippen molar-refractivity contribution in [2.24, 2.45) is 5.92 Å². The monoisotopic (exact) mass is 495 g/mol. The molecule has 4 rings (SSSR count). The molecule has 9 heteroatoms. The molecular formula is C26H26FN3O4S. The number of likely N-dealkylation sites (tertiary alicyclic amines) is 1. The van der Waals surface area contributed by atoms with E-state index in [4.69, 9.17) is 4.74 Å². The summed E-state index contributed by atoms with van der Waals surface area (Å²) in [7, 11) is 0. The summed E-state index contributed by atoms with van der Waals surface area (Å²) in [6, 6.07) is 13.0. The average Bonchev–Trinajstić information content (AvgIpc) is 3.31. The number of ether oxygens (including phenoxy) is 1. The number of carbonyl (C=O) groups is 3. The Balaban J connectivity index is 1.21. The SMILES string of the molecule is Cc1ccccc1NC(=O)Cc1nc(COC(=O)C2CCN(C(=O)c3ccc(F)cc3)CC2)cs1. The van der Waals surface area contributed by atoms with Crippen LogP contribution in [0.4, 0.5) is 10.1 Å². The fraction of sp³-hybridized carbons (Fsp3) is 0.308. The molecule has 2 aromatic carbocycles. The van der Waals surface area contributed by atoms with E-state index in [1.54, 1.807) is 10.3 Å². The van der Waals surface area contributed by atoms with Crippen molar-refractivity contribution in [1.82, 2.24) is 9.88 Å². The minimum Gasteiger partial charge on any atom is -0.459 e. The number of anilines is 1. The smallest absolute Gasteiger partial charge is 0.309 e. The molecule has 0 atom stereocenters. The highest BCUT2D eigenvalue weighted by Gasteiger charge is 2.29. The van der Waals surface area contributed by atoms with Crippen molar-refractivity contribution >= 4 is 34.8 Å². The summed E-state index contributed by atoms with van der Waals surface area (Å²) in [6.45, 7) is 2.85. The lowest BCUT2D eigenvalue weighted by Crippen LogP contribution is -2.40. The van der Waals surface area contributed by atoms with Gasteiger partial charge in [-0.1, -0.05) is 18.2 Å².